The van der Waals surface area contributed by atoms with E-state index in [1.807, 2.05) is 54.6 Å². The molecule has 1 fully saturated rings. The molecule has 1 aromatic heterocycles. The average Bonchev–Trinajstić information content (AvgIpc) is 3.47. The Morgan fingerprint density at radius 2 is 1.72 bits per heavy atom. The van der Waals surface area contributed by atoms with Crippen molar-refractivity contribution in [1.82, 2.24) is 9.97 Å². The number of aromatic nitrogens is 2. The molecule has 122 valence electrons. The first-order chi connectivity index (χ1) is 12.3. The molecule has 0 spiro atoms. The van der Waals surface area contributed by atoms with Crippen molar-refractivity contribution < 1.29 is 0 Å². The molecule has 1 saturated carbocycles. The monoisotopic (exact) mass is 327 g/mol. The van der Waals surface area contributed by atoms with Gasteiger partial charge in [0.05, 0.1) is 16.9 Å². The smallest absolute Gasteiger partial charge is 0.229 e. The van der Waals surface area contributed by atoms with E-state index < -0.39 is 0 Å². The lowest BCUT2D eigenvalue weighted by Gasteiger charge is -2.12. The van der Waals surface area contributed by atoms with E-state index in [2.05, 4.69) is 26.7 Å². The highest BCUT2D eigenvalue weighted by atomic mass is 15.2. The summed E-state index contributed by atoms with van der Waals surface area (Å²) in [4.78, 5) is 9.20. The zero-order valence-corrected chi connectivity index (χ0v) is 13.6. The molecule has 0 amide bonds. The van der Waals surface area contributed by atoms with Crippen LogP contribution in [0.1, 0.15) is 18.4 Å². The fourth-order valence-electron chi connectivity index (χ4n) is 2.58. The quantitative estimate of drug-likeness (QED) is 0.729. The molecule has 4 rings (SSSR count). The van der Waals surface area contributed by atoms with Crippen LogP contribution in [0.5, 0.6) is 0 Å². The van der Waals surface area contributed by atoms with Gasteiger partial charge in [0.2, 0.25) is 5.95 Å². The van der Waals surface area contributed by atoms with E-state index in [-0.39, 0.29) is 0 Å². The number of nitriles is 1. The molecule has 1 aliphatic carbocycles. The van der Waals surface area contributed by atoms with Gasteiger partial charge < -0.3 is 10.6 Å². The van der Waals surface area contributed by atoms with Crippen molar-refractivity contribution >= 4 is 17.5 Å². The van der Waals surface area contributed by atoms with Crippen LogP contribution in [0.3, 0.4) is 0 Å². The molecule has 0 bridgehead atoms. The fraction of sp³-hybridized carbons (Fsp3) is 0.150. The van der Waals surface area contributed by atoms with Crippen LogP contribution in [0.15, 0.2) is 60.7 Å². The van der Waals surface area contributed by atoms with E-state index in [1.165, 1.54) is 12.8 Å². The largest absolute Gasteiger partial charge is 0.367 e. The van der Waals surface area contributed by atoms with Gasteiger partial charge in [-0.05, 0) is 25.0 Å². The van der Waals surface area contributed by atoms with Gasteiger partial charge in [-0.3, -0.25) is 0 Å². The van der Waals surface area contributed by atoms with E-state index in [4.69, 9.17) is 0 Å². The summed E-state index contributed by atoms with van der Waals surface area (Å²) in [6, 6.07) is 22.0. The average molecular weight is 327 g/mol. The van der Waals surface area contributed by atoms with Gasteiger partial charge in [0.1, 0.15) is 11.9 Å². The summed E-state index contributed by atoms with van der Waals surface area (Å²) in [5.41, 5.74) is 3.14. The van der Waals surface area contributed by atoms with Gasteiger partial charge in [0.25, 0.3) is 0 Å². The molecule has 3 aromatic rings. The topological polar surface area (TPSA) is 73.6 Å². The first-order valence-corrected chi connectivity index (χ1v) is 8.29. The van der Waals surface area contributed by atoms with E-state index >= 15 is 0 Å². The number of anilines is 3. The van der Waals surface area contributed by atoms with E-state index in [1.54, 1.807) is 6.07 Å². The van der Waals surface area contributed by atoms with Crippen molar-refractivity contribution in [3.63, 3.8) is 0 Å². The first kappa shape index (κ1) is 15.2. The summed E-state index contributed by atoms with van der Waals surface area (Å²) in [6.07, 6.45) is 2.34. The fourth-order valence-corrected chi connectivity index (χ4v) is 2.58. The molecule has 1 aliphatic rings. The van der Waals surface area contributed by atoms with E-state index in [0.717, 1.165) is 17.1 Å². The van der Waals surface area contributed by atoms with Crippen LogP contribution in [0.2, 0.25) is 0 Å². The normalized spacial score (nSPS) is 13.1. The van der Waals surface area contributed by atoms with Crippen molar-refractivity contribution in [2.45, 2.75) is 18.9 Å². The third-order valence-electron chi connectivity index (χ3n) is 4.02. The lowest BCUT2D eigenvalue weighted by atomic mass is 10.1. The van der Waals surface area contributed by atoms with Gasteiger partial charge in [0.15, 0.2) is 0 Å². The molecule has 0 saturated heterocycles. The first-order valence-electron chi connectivity index (χ1n) is 8.29. The third kappa shape index (κ3) is 3.59. The lowest BCUT2D eigenvalue weighted by Crippen LogP contribution is -2.07. The molecular weight excluding hydrogens is 310 g/mol. The Morgan fingerprint density at radius 1 is 0.960 bits per heavy atom. The van der Waals surface area contributed by atoms with Gasteiger partial charge in [-0.15, -0.1) is 0 Å². The Labute approximate surface area is 146 Å². The highest BCUT2D eigenvalue weighted by Crippen LogP contribution is 2.28. The van der Waals surface area contributed by atoms with E-state index in [9.17, 15) is 5.26 Å². The summed E-state index contributed by atoms with van der Waals surface area (Å²) in [5, 5.41) is 15.9. The van der Waals surface area contributed by atoms with Crippen LogP contribution in [-0.2, 0) is 0 Å². The maximum atomic E-state index is 9.27. The molecular formula is C20H17N5. The Kier molecular flexibility index (Phi) is 4.01. The number of hydrogen-bond acceptors (Lipinski definition) is 5. The van der Waals surface area contributed by atoms with Crippen LogP contribution in [-0.4, -0.2) is 16.0 Å². The highest BCUT2D eigenvalue weighted by molar-refractivity contribution is 5.68. The van der Waals surface area contributed by atoms with Crippen molar-refractivity contribution in [2.24, 2.45) is 0 Å². The van der Waals surface area contributed by atoms with Crippen molar-refractivity contribution in [2.75, 3.05) is 10.6 Å². The second-order valence-corrected chi connectivity index (χ2v) is 6.03. The maximum Gasteiger partial charge on any atom is 0.229 e. The molecule has 0 atom stereocenters. The predicted molar refractivity (Wildman–Crippen MR) is 98.6 cm³/mol. The Balaban J connectivity index is 1.72. The van der Waals surface area contributed by atoms with Gasteiger partial charge in [-0.1, -0.05) is 42.5 Å². The molecule has 2 N–H and O–H groups in total. The number of hydrogen-bond donors (Lipinski definition) is 2. The molecule has 0 radical (unpaired) electrons. The van der Waals surface area contributed by atoms with Crippen LogP contribution >= 0.6 is 0 Å². The van der Waals surface area contributed by atoms with E-state index in [0.29, 0.717) is 23.2 Å². The molecule has 1 heterocycles. The number of nitrogens with one attached hydrogen (secondary N) is 2. The second kappa shape index (κ2) is 6.62. The van der Waals surface area contributed by atoms with Crippen LogP contribution in [0.25, 0.3) is 11.3 Å². The molecule has 2 aromatic carbocycles. The van der Waals surface area contributed by atoms with Crippen LogP contribution in [0, 0.1) is 11.3 Å². The summed E-state index contributed by atoms with van der Waals surface area (Å²) in [6.45, 7) is 0. The van der Waals surface area contributed by atoms with Crippen LogP contribution < -0.4 is 10.6 Å². The Bertz CT molecular complexity index is 926. The van der Waals surface area contributed by atoms with Gasteiger partial charge in [-0.2, -0.15) is 10.2 Å². The predicted octanol–water partition coefficient (Wildman–Crippen LogP) is 4.33. The Morgan fingerprint density at radius 3 is 2.48 bits per heavy atom. The Hall–Kier alpha value is -3.39. The third-order valence-corrected chi connectivity index (χ3v) is 4.02. The minimum absolute atomic E-state index is 0.479. The number of nitrogens with zero attached hydrogens (tertiary/aromatic N) is 3. The highest BCUT2D eigenvalue weighted by Gasteiger charge is 2.22. The number of rotatable bonds is 5. The van der Waals surface area contributed by atoms with Crippen LogP contribution in [0.4, 0.5) is 17.5 Å². The van der Waals surface area contributed by atoms with Gasteiger partial charge >= 0.3 is 0 Å². The number of para-hydroxylation sites is 1. The molecule has 0 unspecified atom stereocenters. The number of benzene rings is 2. The summed E-state index contributed by atoms with van der Waals surface area (Å²) < 4.78 is 0. The molecule has 0 aliphatic heterocycles. The maximum absolute atomic E-state index is 9.27. The van der Waals surface area contributed by atoms with Crippen molar-refractivity contribution in [3.8, 4) is 17.3 Å². The summed E-state index contributed by atoms with van der Waals surface area (Å²) >= 11 is 0. The zero-order chi connectivity index (χ0) is 17.1. The molecule has 5 nitrogen and oxygen atoms in total. The standard InChI is InChI=1S/C20H17N5/c21-13-15-8-4-5-9-17(15)23-20-24-18(14-6-2-1-3-7-14)12-19(25-20)22-16-10-11-16/h1-9,12,16H,10-11H2,(H2,22,23,24,25). The minimum Gasteiger partial charge on any atom is -0.367 e. The SMILES string of the molecule is N#Cc1ccccc1Nc1nc(NC2CC2)cc(-c2ccccc2)n1. The summed E-state index contributed by atoms with van der Waals surface area (Å²) in [7, 11) is 0. The minimum atomic E-state index is 0.479. The molecule has 5 heteroatoms. The van der Waals surface area contributed by atoms with Gasteiger partial charge in [0, 0.05) is 17.7 Å². The second-order valence-electron chi connectivity index (χ2n) is 6.03. The summed E-state index contributed by atoms with van der Waals surface area (Å²) in [5.74, 6) is 1.28. The lowest BCUT2D eigenvalue weighted by molar-refractivity contribution is 1.09. The van der Waals surface area contributed by atoms with Crippen molar-refractivity contribution in [1.29, 1.82) is 5.26 Å². The molecule has 25 heavy (non-hydrogen) atoms. The van der Waals surface area contributed by atoms with Gasteiger partial charge in [-0.25, -0.2) is 4.98 Å². The van der Waals surface area contributed by atoms with Crippen molar-refractivity contribution in [3.05, 3.63) is 66.2 Å². The zero-order valence-electron chi connectivity index (χ0n) is 13.6.